The highest BCUT2D eigenvalue weighted by atomic mass is 127. The van der Waals surface area contributed by atoms with Crippen molar-refractivity contribution >= 4 is 29.9 Å². The molecule has 0 fully saturated rings. The van der Waals surface area contributed by atoms with Gasteiger partial charge in [0.25, 0.3) is 0 Å². The van der Waals surface area contributed by atoms with Crippen LogP contribution in [0.15, 0.2) is 4.99 Å². The Bertz CT molecular complexity index is 814. The Morgan fingerprint density at radius 1 is 1.20 bits per heavy atom. The van der Waals surface area contributed by atoms with Crippen molar-refractivity contribution < 1.29 is 4.74 Å². The van der Waals surface area contributed by atoms with Gasteiger partial charge in [-0.2, -0.15) is 5.10 Å². The number of aliphatic imine (C=N–C) groups is 1. The average Bonchev–Trinajstić information content (AvgIpc) is 3.12. The molecule has 1 atom stereocenters. The molecule has 2 rings (SSSR count). The largest absolute Gasteiger partial charge is 0.382 e. The fourth-order valence-corrected chi connectivity index (χ4v) is 3.12. The van der Waals surface area contributed by atoms with Crippen LogP contribution in [0.25, 0.3) is 0 Å². The van der Waals surface area contributed by atoms with Gasteiger partial charge in [0.15, 0.2) is 11.8 Å². The summed E-state index contributed by atoms with van der Waals surface area (Å²) in [5.74, 6) is 2.49. The van der Waals surface area contributed by atoms with Crippen molar-refractivity contribution in [3.8, 4) is 0 Å². The van der Waals surface area contributed by atoms with E-state index in [-0.39, 0.29) is 30.0 Å². The van der Waals surface area contributed by atoms with Crippen LogP contribution in [0.4, 0.5) is 0 Å². The highest BCUT2D eigenvalue weighted by molar-refractivity contribution is 14.0. The summed E-state index contributed by atoms with van der Waals surface area (Å²) >= 11 is 0. The van der Waals surface area contributed by atoms with Crippen molar-refractivity contribution in [1.82, 2.24) is 35.2 Å². The summed E-state index contributed by atoms with van der Waals surface area (Å²) in [6.45, 7) is 13.0. The van der Waals surface area contributed by atoms with Gasteiger partial charge >= 0.3 is 0 Å². The van der Waals surface area contributed by atoms with Gasteiger partial charge in [-0.05, 0) is 53.0 Å². The summed E-state index contributed by atoms with van der Waals surface area (Å²) in [5.41, 5.74) is 3.57. The second-order valence-electron chi connectivity index (χ2n) is 7.39. The van der Waals surface area contributed by atoms with E-state index in [0.717, 1.165) is 55.9 Å². The number of aryl methyl sites for hydroxylation is 3. The Balaban J connectivity index is 0.00000450. The third-order valence-corrected chi connectivity index (χ3v) is 5.08. The van der Waals surface area contributed by atoms with E-state index in [4.69, 9.17) is 9.73 Å². The summed E-state index contributed by atoms with van der Waals surface area (Å²) < 4.78 is 9.32. The maximum Gasteiger partial charge on any atom is 0.191 e. The van der Waals surface area contributed by atoms with Crippen LogP contribution in [-0.4, -0.2) is 56.3 Å². The zero-order valence-corrected chi connectivity index (χ0v) is 21.7. The molecule has 30 heavy (non-hydrogen) atoms. The van der Waals surface area contributed by atoms with E-state index in [1.807, 2.05) is 37.2 Å². The van der Waals surface area contributed by atoms with Crippen LogP contribution in [0.1, 0.15) is 48.9 Å². The highest BCUT2D eigenvalue weighted by Crippen LogP contribution is 2.14. The van der Waals surface area contributed by atoms with Crippen molar-refractivity contribution in [3.05, 3.63) is 28.6 Å². The molecule has 9 nitrogen and oxygen atoms in total. The van der Waals surface area contributed by atoms with Crippen molar-refractivity contribution in [2.24, 2.45) is 19.1 Å². The van der Waals surface area contributed by atoms with E-state index in [0.29, 0.717) is 6.54 Å². The zero-order chi connectivity index (χ0) is 21.4. The first-order valence-corrected chi connectivity index (χ1v) is 10.3. The fourth-order valence-electron chi connectivity index (χ4n) is 3.12. The van der Waals surface area contributed by atoms with Crippen LogP contribution in [0, 0.1) is 20.8 Å². The van der Waals surface area contributed by atoms with Crippen LogP contribution in [0.3, 0.4) is 0 Å². The first-order valence-electron chi connectivity index (χ1n) is 10.3. The molecule has 0 saturated carbocycles. The van der Waals surface area contributed by atoms with Crippen molar-refractivity contribution in [3.63, 3.8) is 0 Å². The third-order valence-electron chi connectivity index (χ3n) is 5.08. The van der Waals surface area contributed by atoms with Crippen molar-refractivity contribution in [1.29, 1.82) is 0 Å². The van der Waals surface area contributed by atoms with Crippen LogP contribution >= 0.6 is 24.0 Å². The molecule has 10 heteroatoms. The lowest BCUT2D eigenvalue weighted by molar-refractivity contribution is 0.145. The molecule has 2 aromatic heterocycles. The molecule has 0 aromatic carbocycles. The summed E-state index contributed by atoms with van der Waals surface area (Å²) in [5, 5.41) is 19.8. The Hall–Kier alpha value is -1.69. The van der Waals surface area contributed by atoms with Gasteiger partial charge in [0.2, 0.25) is 0 Å². The lowest BCUT2D eigenvalue weighted by Gasteiger charge is -2.19. The van der Waals surface area contributed by atoms with E-state index in [2.05, 4.69) is 46.7 Å². The summed E-state index contributed by atoms with van der Waals surface area (Å²) in [7, 11) is 3.94. The number of nitrogens with one attached hydrogen (secondary N) is 2. The normalized spacial score (nSPS) is 12.6. The molecule has 0 radical (unpaired) electrons. The molecule has 0 spiro atoms. The minimum Gasteiger partial charge on any atom is -0.382 e. The molecule has 0 aliphatic heterocycles. The predicted octanol–water partition coefficient (Wildman–Crippen LogP) is 2.18. The lowest BCUT2D eigenvalue weighted by atomic mass is 10.1. The quantitative estimate of drug-likeness (QED) is 0.211. The first-order chi connectivity index (χ1) is 13.8. The second-order valence-corrected chi connectivity index (χ2v) is 7.39. The molecule has 2 aromatic rings. The smallest absolute Gasteiger partial charge is 0.191 e. The molecular weight excluding hydrogens is 495 g/mol. The van der Waals surface area contributed by atoms with Crippen LogP contribution in [-0.2, 0) is 31.8 Å². The number of ether oxygens (including phenoxy) is 1. The van der Waals surface area contributed by atoms with E-state index in [1.165, 1.54) is 11.3 Å². The average molecular weight is 532 g/mol. The number of hydrogen-bond acceptors (Lipinski definition) is 5. The molecule has 2 N–H and O–H groups in total. The van der Waals surface area contributed by atoms with E-state index < -0.39 is 0 Å². The molecule has 0 amide bonds. The Morgan fingerprint density at radius 2 is 1.93 bits per heavy atom. The molecular formula is C20H37IN8O. The van der Waals surface area contributed by atoms with Crippen molar-refractivity contribution in [2.75, 3.05) is 19.8 Å². The van der Waals surface area contributed by atoms with Crippen LogP contribution in [0.5, 0.6) is 0 Å². The van der Waals surface area contributed by atoms with Gasteiger partial charge < -0.3 is 19.9 Å². The molecule has 0 aliphatic carbocycles. The van der Waals surface area contributed by atoms with E-state index in [9.17, 15) is 0 Å². The summed E-state index contributed by atoms with van der Waals surface area (Å²) in [6.07, 6.45) is 1.81. The minimum atomic E-state index is 0. The predicted molar refractivity (Wildman–Crippen MR) is 130 cm³/mol. The van der Waals surface area contributed by atoms with Gasteiger partial charge in [-0.25, -0.2) is 4.99 Å². The lowest BCUT2D eigenvalue weighted by Crippen LogP contribution is -2.43. The summed E-state index contributed by atoms with van der Waals surface area (Å²) in [6, 6.07) is 0.205. The van der Waals surface area contributed by atoms with Crippen molar-refractivity contribution in [2.45, 2.75) is 60.0 Å². The Kier molecular flexibility index (Phi) is 11.3. The van der Waals surface area contributed by atoms with Crippen LogP contribution < -0.4 is 10.6 Å². The Labute approximate surface area is 197 Å². The maximum atomic E-state index is 5.42. The van der Waals surface area contributed by atoms with Gasteiger partial charge in [0.05, 0.1) is 5.69 Å². The molecule has 2 heterocycles. The third kappa shape index (κ3) is 7.53. The monoisotopic (exact) mass is 532 g/mol. The SMILES string of the molecule is CCOCCCNC(=NCc1nnc(C)n1C)NC(C)Cc1c(C)nn(C)c1C.I. The first kappa shape index (κ1) is 26.3. The standard InChI is InChI=1S/C20H36N8O.HI/c1-8-29-11-9-10-21-20(22-13-19-25-24-17(5)27(19)6)23-14(2)12-18-15(3)26-28(7)16(18)4;/h14H,8-13H2,1-7H3,(H2,21,22,23);1H. The number of aromatic nitrogens is 5. The van der Waals surface area contributed by atoms with E-state index in [1.54, 1.807) is 0 Å². The number of hydrogen-bond donors (Lipinski definition) is 2. The number of nitrogens with zero attached hydrogens (tertiary/aromatic N) is 6. The molecule has 170 valence electrons. The number of rotatable bonds is 10. The molecule has 0 bridgehead atoms. The van der Waals surface area contributed by atoms with Crippen LogP contribution in [0.2, 0.25) is 0 Å². The number of halogens is 1. The minimum absolute atomic E-state index is 0. The molecule has 1 unspecified atom stereocenters. The van der Waals surface area contributed by atoms with Gasteiger partial charge in [0.1, 0.15) is 12.4 Å². The molecule has 0 aliphatic rings. The fraction of sp³-hybridized carbons (Fsp3) is 0.700. The number of guanidine groups is 1. The topological polar surface area (TPSA) is 94.2 Å². The maximum absolute atomic E-state index is 5.42. The van der Waals surface area contributed by atoms with E-state index >= 15 is 0 Å². The Morgan fingerprint density at radius 3 is 2.50 bits per heavy atom. The zero-order valence-electron chi connectivity index (χ0n) is 19.3. The summed E-state index contributed by atoms with van der Waals surface area (Å²) in [4.78, 5) is 4.73. The second kappa shape index (κ2) is 12.9. The van der Waals surface area contributed by atoms with Gasteiger partial charge in [-0.1, -0.05) is 0 Å². The van der Waals surface area contributed by atoms with Gasteiger partial charge in [-0.3, -0.25) is 4.68 Å². The van der Waals surface area contributed by atoms with Gasteiger partial charge in [0, 0.05) is 45.6 Å². The van der Waals surface area contributed by atoms with Gasteiger partial charge in [-0.15, -0.1) is 34.2 Å². The molecule has 0 saturated heterocycles. The highest BCUT2D eigenvalue weighted by Gasteiger charge is 2.14.